The van der Waals surface area contributed by atoms with E-state index in [0.29, 0.717) is 37.5 Å². The van der Waals surface area contributed by atoms with E-state index in [1.54, 1.807) is 11.0 Å². The molecule has 11 heteroatoms. The van der Waals surface area contributed by atoms with E-state index in [-0.39, 0.29) is 22.7 Å². The largest absolute Gasteiger partial charge is 0.339 e. The van der Waals surface area contributed by atoms with Crippen LogP contribution in [0.4, 0.5) is 5.69 Å². The maximum Gasteiger partial charge on any atom is 0.270 e. The molecule has 1 aromatic heterocycles. The minimum Gasteiger partial charge on any atom is -0.339 e. The summed E-state index contributed by atoms with van der Waals surface area (Å²) in [4.78, 5) is 65.5. The molecular formula is C20H18N4O6S. The normalized spacial score (nSPS) is 16.3. The van der Waals surface area contributed by atoms with Crippen molar-refractivity contribution in [2.24, 2.45) is 0 Å². The van der Waals surface area contributed by atoms with E-state index in [1.807, 2.05) is 11.4 Å². The molecule has 10 nitrogen and oxygen atoms in total. The quantitative estimate of drug-likeness (QED) is 0.403. The molecule has 3 heterocycles. The smallest absolute Gasteiger partial charge is 0.270 e. The molecule has 2 aromatic rings. The van der Waals surface area contributed by atoms with Crippen molar-refractivity contribution in [2.45, 2.75) is 6.42 Å². The van der Waals surface area contributed by atoms with E-state index in [1.165, 1.54) is 22.3 Å². The monoisotopic (exact) mass is 442 g/mol. The van der Waals surface area contributed by atoms with Gasteiger partial charge in [-0.15, -0.1) is 11.3 Å². The van der Waals surface area contributed by atoms with Gasteiger partial charge in [-0.25, -0.2) is 0 Å². The van der Waals surface area contributed by atoms with E-state index in [9.17, 15) is 29.3 Å². The third-order valence-corrected chi connectivity index (χ3v) is 6.18. The lowest BCUT2D eigenvalue weighted by Gasteiger charge is -2.23. The highest BCUT2D eigenvalue weighted by Crippen LogP contribution is 2.27. The Labute approximate surface area is 180 Å². The van der Waals surface area contributed by atoms with Crippen LogP contribution in [0.1, 0.15) is 36.8 Å². The number of amides is 4. The number of rotatable bonds is 4. The van der Waals surface area contributed by atoms with Crippen LogP contribution in [-0.4, -0.2) is 76.0 Å². The third-order valence-electron chi connectivity index (χ3n) is 5.33. The summed E-state index contributed by atoms with van der Waals surface area (Å²) in [6, 6.07) is 7.01. The number of hydrogen-bond donors (Lipinski definition) is 0. The van der Waals surface area contributed by atoms with Gasteiger partial charge in [-0.1, -0.05) is 6.07 Å². The van der Waals surface area contributed by atoms with Crippen LogP contribution in [0.2, 0.25) is 0 Å². The van der Waals surface area contributed by atoms with Gasteiger partial charge in [0.05, 0.1) is 20.9 Å². The minimum absolute atomic E-state index is 0.0481. The molecule has 0 spiro atoms. The van der Waals surface area contributed by atoms with Crippen LogP contribution in [0.15, 0.2) is 35.7 Å². The van der Waals surface area contributed by atoms with Crippen LogP contribution in [0.3, 0.4) is 0 Å². The Morgan fingerprint density at radius 3 is 2.42 bits per heavy atom. The van der Waals surface area contributed by atoms with E-state index in [2.05, 4.69) is 0 Å². The molecule has 4 rings (SSSR count). The molecule has 4 amide bonds. The third kappa shape index (κ3) is 3.91. The second-order valence-electron chi connectivity index (χ2n) is 7.19. The fraction of sp³-hybridized carbons (Fsp3) is 0.300. The molecule has 0 unspecified atom stereocenters. The Bertz CT molecular complexity index is 1080. The van der Waals surface area contributed by atoms with Gasteiger partial charge in [0.15, 0.2) is 0 Å². The standard InChI is InChI=1S/C20H18N4O6S/c25-17(21-6-2-7-22(9-8-21)20(28)16-3-1-10-31-16)12-23-18(26)14-5-4-13(24(29)30)11-15(14)19(23)27/h1,3-5,10-11H,2,6-9,12H2. The highest BCUT2D eigenvalue weighted by atomic mass is 32.1. The SMILES string of the molecule is O=C(CN1C(=O)c2ccc([N+](=O)[O-])cc2C1=O)N1CCCN(C(=O)c2cccs2)CC1. The Hall–Kier alpha value is -3.60. The average Bonchev–Trinajstić information content (AvgIpc) is 3.28. The lowest BCUT2D eigenvalue weighted by molar-refractivity contribution is -0.384. The molecule has 0 aliphatic carbocycles. The number of imide groups is 1. The summed E-state index contributed by atoms with van der Waals surface area (Å²) in [6.07, 6.45) is 0.581. The van der Waals surface area contributed by atoms with Gasteiger partial charge in [0.2, 0.25) is 5.91 Å². The van der Waals surface area contributed by atoms with E-state index >= 15 is 0 Å². The first-order valence-electron chi connectivity index (χ1n) is 9.62. The Kier molecular flexibility index (Phi) is 5.51. The highest BCUT2D eigenvalue weighted by Gasteiger charge is 2.38. The van der Waals surface area contributed by atoms with Crippen LogP contribution in [0.25, 0.3) is 0 Å². The van der Waals surface area contributed by atoms with Crippen LogP contribution in [0, 0.1) is 10.1 Å². The van der Waals surface area contributed by atoms with Crippen molar-refractivity contribution in [1.82, 2.24) is 14.7 Å². The second-order valence-corrected chi connectivity index (χ2v) is 8.13. The molecule has 0 atom stereocenters. The van der Waals surface area contributed by atoms with Crippen LogP contribution in [0.5, 0.6) is 0 Å². The molecule has 0 N–H and O–H groups in total. The Morgan fingerprint density at radius 2 is 1.71 bits per heavy atom. The van der Waals surface area contributed by atoms with Crippen molar-refractivity contribution < 1.29 is 24.1 Å². The van der Waals surface area contributed by atoms with Crippen molar-refractivity contribution in [3.05, 3.63) is 61.8 Å². The number of non-ortho nitro benzene ring substituents is 1. The first-order valence-corrected chi connectivity index (χ1v) is 10.5. The number of carbonyl (C=O) groups is 4. The zero-order chi connectivity index (χ0) is 22.1. The van der Waals surface area contributed by atoms with Crippen LogP contribution in [-0.2, 0) is 4.79 Å². The molecule has 2 aliphatic heterocycles. The number of thiophene rings is 1. The van der Waals surface area contributed by atoms with Gasteiger partial charge in [-0.2, -0.15) is 0 Å². The van der Waals surface area contributed by atoms with Crippen molar-refractivity contribution in [1.29, 1.82) is 0 Å². The van der Waals surface area contributed by atoms with Gasteiger partial charge in [0, 0.05) is 38.3 Å². The predicted octanol–water partition coefficient (Wildman–Crippen LogP) is 1.63. The molecule has 0 bridgehead atoms. The highest BCUT2D eigenvalue weighted by molar-refractivity contribution is 7.12. The van der Waals surface area contributed by atoms with E-state index in [0.717, 1.165) is 17.0 Å². The van der Waals surface area contributed by atoms with Crippen molar-refractivity contribution >= 4 is 40.7 Å². The summed E-state index contributed by atoms with van der Waals surface area (Å²) in [6.45, 7) is 1.12. The van der Waals surface area contributed by atoms with Gasteiger partial charge >= 0.3 is 0 Å². The first kappa shape index (κ1) is 20.7. The lowest BCUT2D eigenvalue weighted by Crippen LogP contribution is -2.44. The number of hydrogen-bond acceptors (Lipinski definition) is 7. The fourth-order valence-corrected chi connectivity index (χ4v) is 4.39. The summed E-state index contributed by atoms with van der Waals surface area (Å²) < 4.78 is 0. The minimum atomic E-state index is -0.721. The zero-order valence-corrected chi connectivity index (χ0v) is 17.2. The predicted molar refractivity (Wildman–Crippen MR) is 110 cm³/mol. The topological polar surface area (TPSA) is 121 Å². The maximum absolute atomic E-state index is 12.8. The van der Waals surface area contributed by atoms with Crippen molar-refractivity contribution in [2.75, 3.05) is 32.7 Å². The Balaban J connectivity index is 1.41. The number of benzene rings is 1. The molecule has 2 aliphatic rings. The molecule has 0 saturated carbocycles. The summed E-state index contributed by atoms with van der Waals surface area (Å²) >= 11 is 1.36. The summed E-state index contributed by atoms with van der Waals surface area (Å²) in [5, 5.41) is 12.8. The molecule has 0 radical (unpaired) electrons. The first-order chi connectivity index (χ1) is 14.9. The van der Waals surface area contributed by atoms with Gasteiger partial charge in [-0.3, -0.25) is 34.2 Å². The summed E-state index contributed by atoms with van der Waals surface area (Å²) in [5.74, 6) is -1.85. The van der Waals surface area contributed by atoms with Gasteiger partial charge in [0.1, 0.15) is 6.54 Å². The molecule has 31 heavy (non-hydrogen) atoms. The number of nitro benzene ring substituents is 1. The van der Waals surface area contributed by atoms with Gasteiger partial charge in [-0.05, 0) is 23.9 Å². The number of fused-ring (bicyclic) bond motifs is 1. The second kappa shape index (κ2) is 8.26. The molecule has 1 fully saturated rings. The summed E-state index contributed by atoms with van der Waals surface area (Å²) in [5.41, 5.74) is -0.321. The van der Waals surface area contributed by atoms with Crippen molar-refractivity contribution in [3.8, 4) is 0 Å². The molecule has 1 saturated heterocycles. The van der Waals surface area contributed by atoms with Gasteiger partial charge in [0.25, 0.3) is 23.4 Å². The van der Waals surface area contributed by atoms with Crippen LogP contribution < -0.4 is 0 Å². The summed E-state index contributed by atoms with van der Waals surface area (Å²) in [7, 11) is 0. The number of carbonyl (C=O) groups excluding carboxylic acids is 4. The van der Waals surface area contributed by atoms with E-state index < -0.39 is 29.2 Å². The molecule has 160 valence electrons. The average molecular weight is 442 g/mol. The van der Waals surface area contributed by atoms with E-state index in [4.69, 9.17) is 0 Å². The zero-order valence-electron chi connectivity index (χ0n) is 16.4. The fourth-order valence-electron chi connectivity index (χ4n) is 3.70. The Morgan fingerprint density at radius 1 is 1.00 bits per heavy atom. The van der Waals surface area contributed by atoms with Crippen LogP contribution >= 0.6 is 11.3 Å². The van der Waals surface area contributed by atoms with Crippen molar-refractivity contribution in [3.63, 3.8) is 0 Å². The number of nitro groups is 1. The maximum atomic E-state index is 12.8. The lowest BCUT2D eigenvalue weighted by atomic mass is 10.1. The van der Waals surface area contributed by atoms with Gasteiger partial charge < -0.3 is 9.80 Å². The molecular weight excluding hydrogens is 424 g/mol. The molecule has 1 aromatic carbocycles. The number of nitrogens with zero attached hydrogens (tertiary/aromatic N) is 4.